The summed E-state index contributed by atoms with van der Waals surface area (Å²) in [4.78, 5) is 27.0. The predicted molar refractivity (Wildman–Crippen MR) is 97.9 cm³/mol. The van der Waals surface area contributed by atoms with E-state index >= 15 is 0 Å². The van der Waals surface area contributed by atoms with Gasteiger partial charge in [0.1, 0.15) is 11.5 Å². The molecule has 1 saturated heterocycles. The van der Waals surface area contributed by atoms with Crippen molar-refractivity contribution in [3.05, 3.63) is 58.9 Å². The van der Waals surface area contributed by atoms with Crippen LogP contribution in [-0.4, -0.2) is 32.6 Å². The number of benzene rings is 1. The van der Waals surface area contributed by atoms with Gasteiger partial charge >= 0.3 is 0 Å². The largest absolute Gasteiger partial charge is 0.355 e. The van der Waals surface area contributed by atoms with Gasteiger partial charge in [-0.3, -0.25) is 14.3 Å². The van der Waals surface area contributed by atoms with Crippen molar-refractivity contribution in [2.45, 2.75) is 25.8 Å². The molecular formula is C19H19F2N5O. The maximum atomic E-state index is 12.6. The number of hydrogen-bond acceptors (Lipinski definition) is 5. The molecule has 0 saturated carbocycles. The molecule has 0 aliphatic carbocycles. The van der Waals surface area contributed by atoms with Gasteiger partial charge in [-0.25, -0.2) is 18.7 Å². The zero-order valence-electron chi connectivity index (χ0n) is 14.6. The Hall–Kier alpha value is -2.90. The van der Waals surface area contributed by atoms with E-state index in [2.05, 4.69) is 19.9 Å². The van der Waals surface area contributed by atoms with Crippen LogP contribution in [0, 0.1) is 5.92 Å². The molecule has 140 valence electrons. The number of aromatic nitrogens is 4. The summed E-state index contributed by atoms with van der Waals surface area (Å²) in [5, 5.41) is 0. The van der Waals surface area contributed by atoms with E-state index in [0.717, 1.165) is 48.8 Å². The molecule has 1 aromatic carbocycles. The molecule has 0 bridgehead atoms. The topological polar surface area (TPSA) is 63.9 Å². The van der Waals surface area contributed by atoms with Crippen LogP contribution in [0.5, 0.6) is 0 Å². The quantitative estimate of drug-likeness (QED) is 0.705. The van der Waals surface area contributed by atoms with Crippen molar-refractivity contribution in [3.8, 4) is 0 Å². The van der Waals surface area contributed by atoms with Crippen LogP contribution in [0.2, 0.25) is 0 Å². The molecule has 1 aliphatic rings. The van der Waals surface area contributed by atoms with Gasteiger partial charge in [-0.1, -0.05) is 12.1 Å². The highest BCUT2D eigenvalue weighted by atomic mass is 19.3. The molecule has 0 radical (unpaired) electrons. The first-order valence-electron chi connectivity index (χ1n) is 8.91. The van der Waals surface area contributed by atoms with Gasteiger partial charge < -0.3 is 4.90 Å². The van der Waals surface area contributed by atoms with Gasteiger partial charge in [-0.2, -0.15) is 0 Å². The molecule has 2 aromatic heterocycles. The average Bonchev–Trinajstić information content (AvgIpc) is 2.69. The maximum Gasteiger partial charge on any atom is 0.280 e. The highest BCUT2D eigenvalue weighted by molar-refractivity contribution is 5.75. The van der Waals surface area contributed by atoms with Crippen molar-refractivity contribution in [2.75, 3.05) is 18.0 Å². The molecule has 27 heavy (non-hydrogen) atoms. The normalized spacial score (nSPS) is 15.6. The second-order valence-corrected chi connectivity index (χ2v) is 6.75. The summed E-state index contributed by atoms with van der Waals surface area (Å²) in [6.07, 6.45) is 2.07. The van der Waals surface area contributed by atoms with E-state index in [1.165, 1.54) is 10.9 Å². The highest BCUT2D eigenvalue weighted by Crippen LogP contribution is 2.24. The number of halogens is 2. The first-order valence-corrected chi connectivity index (χ1v) is 8.91. The Balaban J connectivity index is 1.40. The fourth-order valence-corrected chi connectivity index (χ4v) is 3.42. The van der Waals surface area contributed by atoms with Crippen molar-refractivity contribution >= 4 is 16.9 Å². The lowest BCUT2D eigenvalue weighted by molar-refractivity contribution is 0.145. The predicted octanol–water partition coefficient (Wildman–Crippen LogP) is 3.04. The van der Waals surface area contributed by atoms with E-state index in [4.69, 9.17) is 0 Å². The maximum absolute atomic E-state index is 12.6. The Bertz CT molecular complexity index is 999. The first-order chi connectivity index (χ1) is 13.1. The van der Waals surface area contributed by atoms with Gasteiger partial charge in [0.15, 0.2) is 0 Å². The fraction of sp³-hybridized carbons (Fsp3) is 0.368. The van der Waals surface area contributed by atoms with E-state index < -0.39 is 17.7 Å². The number of fused-ring (bicyclic) bond motifs is 1. The molecule has 8 heteroatoms. The monoisotopic (exact) mass is 371 g/mol. The van der Waals surface area contributed by atoms with Crippen molar-refractivity contribution in [1.82, 2.24) is 19.5 Å². The van der Waals surface area contributed by atoms with Crippen molar-refractivity contribution in [2.24, 2.45) is 5.92 Å². The van der Waals surface area contributed by atoms with Crippen molar-refractivity contribution in [3.63, 3.8) is 0 Å². The molecule has 3 aromatic rings. The molecule has 6 nitrogen and oxygen atoms in total. The molecular weight excluding hydrogens is 352 g/mol. The van der Waals surface area contributed by atoms with E-state index in [9.17, 15) is 13.6 Å². The van der Waals surface area contributed by atoms with Gasteiger partial charge in [0.05, 0.1) is 23.6 Å². The fourth-order valence-electron chi connectivity index (χ4n) is 3.42. The Kier molecular flexibility index (Phi) is 4.79. The molecule has 1 fully saturated rings. The highest BCUT2D eigenvalue weighted by Gasteiger charge is 2.21. The van der Waals surface area contributed by atoms with Gasteiger partial charge in [-0.05, 0) is 30.9 Å². The van der Waals surface area contributed by atoms with Crippen LogP contribution in [0.25, 0.3) is 11.0 Å². The minimum atomic E-state index is -2.72. The molecule has 4 rings (SSSR count). The van der Waals surface area contributed by atoms with Crippen LogP contribution in [0.3, 0.4) is 0 Å². The Labute approximate surface area is 154 Å². The Morgan fingerprint density at radius 3 is 2.56 bits per heavy atom. The summed E-state index contributed by atoms with van der Waals surface area (Å²) in [6.45, 7) is 2.12. The first kappa shape index (κ1) is 17.5. The number of rotatable bonds is 4. The molecule has 1 aliphatic heterocycles. The second-order valence-electron chi connectivity index (χ2n) is 6.75. The molecule has 0 spiro atoms. The zero-order chi connectivity index (χ0) is 18.8. The summed E-state index contributed by atoms with van der Waals surface area (Å²) < 4.78 is 26.6. The van der Waals surface area contributed by atoms with E-state index in [0.29, 0.717) is 12.5 Å². The van der Waals surface area contributed by atoms with Gasteiger partial charge in [0.2, 0.25) is 0 Å². The van der Waals surface area contributed by atoms with Gasteiger partial charge in [0.25, 0.3) is 12.0 Å². The van der Waals surface area contributed by atoms with E-state index in [1.54, 1.807) is 6.20 Å². The zero-order valence-corrected chi connectivity index (χ0v) is 14.6. The summed E-state index contributed by atoms with van der Waals surface area (Å²) in [7, 11) is 0. The van der Waals surface area contributed by atoms with E-state index in [1.807, 2.05) is 24.3 Å². The summed E-state index contributed by atoms with van der Waals surface area (Å²) >= 11 is 0. The number of para-hydroxylation sites is 2. The van der Waals surface area contributed by atoms with Gasteiger partial charge in [0, 0.05) is 25.7 Å². The summed E-state index contributed by atoms with van der Waals surface area (Å²) in [5.74, 6) is 1.15. The van der Waals surface area contributed by atoms with Gasteiger partial charge in [-0.15, -0.1) is 0 Å². The Morgan fingerprint density at radius 2 is 1.85 bits per heavy atom. The van der Waals surface area contributed by atoms with Crippen LogP contribution in [0.4, 0.5) is 14.6 Å². The minimum absolute atomic E-state index is 0.298. The third-order valence-electron chi connectivity index (χ3n) is 4.95. The van der Waals surface area contributed by atoms with Crippen LogP contribution in [0.15, 0.2) is 47.7 Å². The molecule has 0 N–H and O–H groups in total. The average molecular weight is 371 g/mol. The number of alkyl halides is 2. The number of nitrogens with zero attached hydrogens (tertiary/aromatic N) is 5. The number of hydrogen-bond donors (Lipinski definition) is 0. The second kappa shape index (κ2) is 7.38. The lowest BCUT2D eigenvalue weighted by Gasteiger charge is -2.32. The number of anilines is 1. The third kappa shape index (κ3) is 3.79. The Morgan fingerprint density at radius 1 is 1.11 bits per heavy atom. The molecule has 0 amide bonds. The van der Waals surface area contributed by atoms with Crippen LogP contribution in [0.1, 0.15) is 25.0 Å². The lowest BCUT2D eigenvalue weighted by Crippen LogP contribution is -2.37. The lowest BCUT2D eigenvalue weighted by atomic mass is 9.96. The summed E-state index contributed by atoms with van der Waals surface area (Å²) in [5.41, 5.74) is 0.841. The smallest absolute Gasteiger partial charge is 0.280 e. The molecule has 0 atom stereocenters. The summed E-state index contributed by atoms with van der Waals surface area (Å²) in [6, 6.07) is 8.68. The minimum Gasteiger partial charge on any atom is -0.355 e. The standard InChI is InChI=1S/C19H19F2N5O/c20-19(21)16-9-18(27)26(12-23-16)11-13-5-7-25(8-6-13)17-10-22-14-3-1-2-4-15(14)24-17/h1-4,9-10,12-13,19H,5-8,11H2. The third-order valence-corrected chi connectivity index (χ3v) is 4.95. The number of piperidine rings is 1. The van der Waals surface area contributed by atoms with Crippen LogP contribution >= 0.6 is 0 Å². The van der Waals surface area contributed by atoms with Crippen molar-refractivity contribution < 1.29 is 8.78 Å². The van der Waals surface area contributed by atoms with Crippen LogP contribution < -0.4 is 10.5 Å². The van der Waals surface area contributed by atoms with Crippen LogP contribution in [-0.2, 0) is 6.54 Å². The SMILES string of the molecule is O=c1cc(C(F)F)ncn1CC1CCN(c2cnc3ccccc3n2)CC1. The molecule has 0 unspecified atom stereocenters. The van der Waals surface area contributed by atoms with Crippen molar-refractivity contribution in [1.29, 1.82) is 0 Å². The van der Waals surface area contributed by atoms with E-state index in [-0.39, 0.29) is 0 Å². The molecule has 3 heterocycles.